The standard InChI is InChI=1S/C13H14N6O/c1-8-2-3-11-15-4-9(19(11)7-8)5-16-13-10(12(14)20)6-17-18-13/h2-4,6-7H,5H2,1H3,(H2,14,20)(H2,16,17,18). The molecular formula is C13H14N6O. The molecule has 0 aromatic carbocycles. The molecule has 0 saturated heterocycles. The van der Waals surface area contributed by atoms with Crippen LogP contribution in [0.4, 0.5) is 5.82 Å². The Balaban J connectivity index is 1.85. The van der Waals surface area contributed by atoms with Gasteiger partial charge in [-0.05, 0) is 18.6 Å². The summed E-state index contributed by atoms with van der Waals surface area (Å²) in [6.45, 7) is 2.53. The molecule has 0 aliphatic rings. The molecule has 3 rings (SSSR count). The number of carbonyl (C=O) groups is 1. The maximum atomic E-state index is 11.2. The number of aromatic amines is 1. The van der Waals surface area contributed by atoms with E-state index in [4.69, 9.17) is 5.73 Å². The van der Waals surface area contributed by atoms with Crippen LogP contribution in [-0.2, 0) is 6.54 Å². The monoisotopic (exact) mass is 270 g/mol. The van der Waals surface area contributed by atoms with E-state index in [0.29, 0.717) is 17.9 Å². The van der Waals surface area contributed by atoms with E-state index in [2.05, 4.69) is 20.5 Å². The van der Waals surface area contributed by atoms with Crippen LogP contribution in [0.5, 0.6) is 0 Å². The largest absolute Gasteiger partial charge is 0.365 e. The van der Waals surface area contributed by atoms with Crippen LogP contribution in [0.15, 0.2) is 30.7 Å². The number of carbonyl (C=O) groups excluding carboxylic acids is 1. The van der Waals surface area contributed by atoms with Gasteiger partial charge in [0.2, 0.25) is 0 Å². The second kappa shape index (κ2) is 4.69. The molecule has 1 amide bonds. The Morgan fingerprint density at radius 2 is 2.30 bits per heavy atom. The van der Waals surface area contributed by atoms with E-state index < -0.39 is 5.91 Å². The van der Waals surface area contributed by atoms with Crippen LogP contribution in [-0.4, -0.2) is 25.5 Å². The molecule has 20 heavy (non-hydrogen) atoms. The Kier molecular flexibility index (Phi) is 2.86. The highest BCUT2D eigenvalue weighted by atomic mass is 16.1. The Labute approximate surface area is 114 Å². The molecule has 0 atom stereocenters. The number of primary amides is 1. The molecule has 0 saturated carbocycles. The second-order valence-corrected chi connectivity index (χ2v) is 4.56. The molecule has 0 radical (unpaired) electrons. The van der Waals surface area contributed by atoms with Crippen LogP contribution in [0.1, 0.15) is 21.6 Å². The van der Waals surface area contributed by atoms with Gasteiger partial charge in [-0.1, -0.05) is 6.07 Å². The summed E-state index contributed by atoms with van der Waals surface area (Å²) in [6, 6.07) is 3.98. The average Bonchev–Trinajstić information content (AvgIpc) is 3.02. The van der Waals surface area contributed by atoms with Crippen molar-refractivity contribution in [3.8, 4) is 0 Å². The van der Waals surface area contributed by atoms with Gasteiger partial charge in [-0.15, -0.1) is 0 Å². The van der Waals surface area contributed by atoms with Gasteiger partial charge in [-0.2, -0.15) is 5.10 Å². The van der Waals surface area contributed by atoms with Crippen molar-refractivity contribution in [1.29, 1.82) is 0 Å². The number of H-pyrrole nitrogens is 1. The van der Waals surface area contributed by atoms with Gasteiger partial charge in [0, 0.05) is 6.20 Å². The van der Waals surface area contributed by atoms with Crippen molar-refractivity contribution in [2.75, 3.05) is 5.32 Å². The summed E-state index contributed by atoms with van der Waals surface area (Å²) in [5, 5.41) is 9.64. The summed E-state index contributed by atoms with van der Waals surface area (Å²) >= 11 is 0. The van der Waals surface area contributed by atoms with E-state index in [1.54, 1.807) is 6.20 Å². The van der Waals surface area contributed by atoms with Gasteiger partial charge in [-0.25, -0.2) is 4.98 Å². The van der Waals surface area contributed by atoms with Crippen molar-refractivity contribution in [2.24, 2.45) is 5.73 Å². The predicted octanol–water partition coefficient (Wildman–Crippen LogP) is 1.08. The van der Waals surface area contributed by atoms with Gasteiger partial charge >= 0.3 is 0 Å². The van der Waals surface area contributed by atoms with Crippen LogP contribution in [0.25, 0.3) is 5.65 Å². The lowest BCUT2D eigenvalue weighted by Gasteiger charge is -2.06. The maximum absolute atomic E-state index is 11.2. The van der Waals surface area contributed by atoms with Crippen LogP contribution in [0.3, 0.4) is 0 Å². The highest BCUT2D eigenvalue weighted by Crippen LogP contribution is 2.13. The van der Waals surface area contributed by atoms with E-state index in [0.717, 1.165) is 16.9 Å². The van der Waals surface area contributed by atoms with Crippen LogP contribution in [0, 0.1) is 6.92 Å². The van der Waals surface area contributed by atoms with E-state index in [1.165, 1.54) is 6.20 Å². The Hall–Kier alpha value is -2.83. The first kappa shape index (κ1) is 12.2. The smallest absolute Gasteiger partial charge is 0.254 e. The summed E-state index contributed by atoms with van der Waals surface area (Å²) < 4.78 is 2.00. The summed E-state index contributed by atoms with van der Waals surface area (Å²) in [6.07, 6.45) is 5.21. The van der Waals surface area contributed by atoms with Crippen LogP contribution in [0.2, 0.25) is 0 Å². The first-order valence-corrected chi connectivity index (χ1v) is 6.15. The lowest BCUT2D eigenvalue weighted by atomic mass is 10.3. The number of pyridine rings is 1. The molecule has 3 aromatic rings. The first-order chi connectivity index (χ1) is 9.65. The van der Waals surface area contributed by atoms with Crippen molar-refractivity contribution in [1.82, 2.24) is 19.6 Å². The topological polar surface area (TPSA) is 101 Å². The molecule has 102 valence electrons. The van der Waals surface area contributed by atoms with E-state index in [1.807, 2.05) is 29.7 Å². The highest BCUT2D eigenvalue weighted by Gasteiger charge is 2.11. The Morgan fingerprint density at radius 3 is 3.10 bits per heavy atom. The number of rotatable bonds is 4. The van der Waals surface area contributed by atoms with Crippen LogP contribution < -0.4 is 11.1 Å². The Bertz CT molecular complexity index is 772. The SMILES string of the molecule is Cc1ccc2ncc(CNc3[nH]ncc3C(N)=O)n2c1. The number of imidazole rings is 1. The number of aromatic nitrogens is 4. The predicted molar refractivity (Wildman–Crippen MR) is 74.4 cm³/mol. The van der Waals surface area contributed by atoms with Gasteiger partial charge < -0.3 is 15.5 Å². The van der Waals surface area contributed by atoms with Crippen LogP contribution >= 0.6 is 0 Å². The van der Waals surface area contributed by atoms with E-state index >= 15 is 0 Å². The normalized spacial score (nSPS) is 10.8. The number of aryl methyl sites for hydroxylation is 1. The summed E-state index contributed by atoms with van der Waals surface area (Å²) in [5.41, 5.74) is 8.62. The van der Waals surface area contributed by atoms with Gasteiger partial charge in [0.1, 0.15) is 17.0 Å². The third-order valence-electron chi connectivity index (χ3n) is 3.08. The highest BCUT2D eigenvalue weighted by molar-refractivity contribution is 5.97. The fourth-order valence-corrected chi connectivity index (χ4v) is 2.05. The van der Waals surface area contributed by atoms with Gasteiger partial charge in [0.25, 0.3) is 5.91 Å². The van der Waals surface area contributed by atoms with Crippen molar-refractivity contribution in [2.45, 2.75) is 13.5 Å². The molecule has 4 N–H and O–H groups in total. The quantitative estimate of drug-likeness (QED) is 0.660. The minimum absolute atomic E-state index is 0.343. The zero-order valence-corrected chi connectivity index (χ0v) is 10.9. The van der Waals surface area contributed by atoms with E-state index in [-0.39, 0.29) is 0 Å². The molecule has 3 heterocycles. The molecule has 3 aromatic heterocycles. The zero-order valence-electron chi connectivity index (χ0n) is 10.9. The van der Waals surface area contributed by atoms with Crippen molar-refractivity contribution in [3.63, 3.8) is 0 Å². The molecule has 7 nitrogen and oxygen atoms in total. The number of nitrogens with zero attached hydrogens (tertiary/aromatic N) is 3. The minimum Gasteiger partial charge on any atom is -0.365 e. The lowest BCUT2D eigenvalue weighted by Crippen LogP contribution is -2.13. The zero-order chi connectivity index (χ0) is 14.1. The number of hydrogen-bond donors (Lipinski definition) is 3. The molecule has 0 aliphatic heterocycles. The summed E-state index contributed by atoms with van der Waals surface area (Å²) in [4.78, 5) is 15.5. The molecule has 0 spiro atoms. The number of hydrogen-bond acceptors (Lipinski definition) is 4. The van der Waals surface area contributed by atoms with Crippen molar-refractivity contribution in [3.05, 3.63) is 47.5 Å². The number of fused-ring (bicyclic) bond motifs is 1. The third-order valence-corrected chi connectivity index (χ3v) is 3.08. The number of nitrogens with two attached hydrogens (primary N) is 1. The van der Waals surface area contributed by atoms with E-state index in [9.17, 15) is 4.79 Å². The van der Waals surface area contributed by atoms with Gasteiger partial charge in [0.15, 0.2) is 0 Å². The lowest BCUT2D eigenvalue weighted by molar-refractivity contribution is 0.100. The number of amides is 1. The molecular weight excluding hydrogens is 256 g/mol. The fraction of sp³-hybridized carbons (Fsp3) is 0.154. The third kappa shape index (κ3) is 2.09. The minimum atomic E-state index is -0.518. The van der Waals surface area contributed by atoms with Gasteiger partial charge in [0.05, 0.1) is 24.6 Å². The fourth-order valence-electron chi connectivity index (χ4n) is 2.05. The van der Waals surface area contributed by atoms with Crippen molar-refractivity contribution >= 4 is 17.4 Å². The molecule has 0 unspecified atom stereocenters. The molecule has 0 fully saturated rings. The maximum Gasteiger partial charge on any atom is 0.254 e. The first-order valence-electron chi connectivity index (χ1n) is 6.15. The van der Waals surface area contributed by atoms with Crippen molar-refractivity contribution < 1.29 is 4.79 Å². The summed E-state index contributed by atoms with van der Waals surface area (Å²) in [7, 11) is 0. The van der Waals surface area contributed by atoms with Gasteiger partial charge in [-0.3, -0.25) is 9.89 Å². The second-order valence-electron chi connectivity index (χ2n) is 4.56. The molecule has 0 bridgehead atoms. The average molecular weight is 270 g/mol. The number of nitrogens with one attached hydrogen (secondary N) is 2. The molecule has 7 heteroatoms. The Morgan fingerprint density at radius 1 is 1.45 bits per heavy atom. The molecule has 0 aliphatic carbocycles. The number of anilines is 1. The summed E-state index contributed by atoms with van der Waals surface area (Å²) in [5.74, 6) is -0.00432.